The lowest BCUT2D eigenvalue weighted by molar-refractivity contribution is 0.0299. The van der Waals surface area contributed by atoms with E-state index < -0.39 is 0 Å². The summed E-state index contributed by atoms with van der Waals surface area (Å²) in [6, 6.07) is 1.76. The second-order valence-corrected chi connectivity index (χ2v) is 3.33. The van der Waals surface area contributed by atoms with Crippen molar-refractivity contribution in [3.05, 3.63) is 17.5 Å². The first kappa shape index (κ1) is 9.21. The van der Waals surface area contributed by atoms with Gasteiger partial charge in [0.2, 0.25) is 0 Å². The first-order valence-corrected chi connectivity index (χ1v) is 4.66. The van der Waals surface area contributed by atoms with E-state index in [2.05, 4.69) is 10.2 Å². The van der Waals surface area contributed by atoms with Gasteiger partial charge in [-0.3, -0.25) is 9.89 Å². The normalized spacial score (nSPS) is 17.1. The van der Waals surface area contributed by atoms with Gasteiger partial charge in [-0.05, 0) is 13.0 Å². The fraction of sp³-hybridized carbons (Fsp3) is 0.556. The van der Waals surface area contributed by atoms with Crippen molar-refractivity contribution in [2.45, 2.75) is 6.92 Å². The van der Waals surface area contributed by atoms with Crippen LogP contribution in [0.25, 0.3) is 0 Å². The molecule has 2 rings (SSSR count). The van der Waals surface area contributed by atoms with Crippen LogP contribution >= 0.6 is 0 Å². The molecule has 1 N–H and O–H groups in total. The van der Waals surface area contributed by atoms with Crippen LogP contribution in [0.1, 0.15) is 16.2 Å². The molecule has 14 heavy (non-hydrogen) atoms. The van der Waals surface area contributed by atoms with Crippen LogP contribution in [-0.4, -0.2) is 47.3 Å². The van der Waals surface area contributed by atoms with Gasteiger partial charge >= 0.3 is 0 Å². The summed E-state index contributed by atoms with van der Waals surface area (Å²) in [4.78, 5) is 13.6. The minimum atomic E-state index is 0.00824. The van der Waals surface area contributed by atoms with Gasteiger partial charge in [0.25, 0.3) is 5.91 Å². The fourth-order valence-electron chi connectivity index (χ4n) is 1.47. The number of carbonyl (C=O) groups is 1. The summed E-state index contributed by atoms with van der Waals surface area (Å²) in [6.45, 7) is 4.43. The molecule has 1 aliphatic heterocycles. The number of morpholine rings is 1. The minimum absolute atomic E-state index is 0.00824. The van der Waals surface area contributed by atoms with Crippen LogP contribution in [0, 0.1) is 6.92 Å². The number of nitrogens with zero attached hydrogens (tertiary/aromatic N) is 2. The van der Waals surface area contributed by atoms with Crippen LogP contribution in [0.3, 0.4) is 0 Å². The predicted molar refractivity (Wildman–Crippen MR) is 50.0 cm³/mol. The van der Waals surface area contributed by atoms with Crippen molar-refractivity contribution in [3.63, 3.8) is 0 Å². The minimum Gasteiger partial charge on any atom is -0.378 e. The zero-order valence-corrected chi connectivity index (χ0v) is 8.12. The van der Waals surface area contributed by atoms with Gasteiger partial charge < -0.3 is 9.64 Å². The number of aromatic amines is 1. The van der Waals surface area contributed by atoms with E-state index in [0.717, 1.165) is 5.69 Å². The number of aromatic nitrogens is 2. The van der Waals surface area contributed by atoms with Crippen LogP contribution < -0.4 is 0 Å². The highest BCUT2D eigenvalue weighted by atomic mass is 16.5. The number of nitrogens with one attached hydrogen (secondary N) is 1. The Morgan fingerprint density at radius 1 is 1.57 bits per heavy atom. The SMILES string of the molecule is Cc1cc(C(=O)N2CCOCC2)[nH]n1. The number of amides is 1. The molecule has 1 aliphatic rings. The van der Waals surface area contributed by atoms with E-state index >= 15 is 0 Å². The lowest BCUT2D eigenvalue weighted by Gasteiger charge is -2.26. The van der Waals surface area contributed by atoms with E-state index in [0.29, 0.717) is 32.0 Å². The van der Waals surface area contributed by atoms with Gasteiger partial charge in [-0.2, -0.15) is 5.10 Å². The third kappa shape index (κ3) is 1.77. The summed E-state index contributed by atoms with van der Waals surface area (Å²) < 4.78 is 5.17. The Labute approximate surface area is 82.0 Å². The molecule has 2 heterocycles. The van der Waals surface area contributed by atoms with Crippen molar-refractivity contribution < 1.29 is 9.53 Å². The maximum Gasteiger partial charge on any atom is 0.272 e. The van der Waals surface area contributed by atoms with E-state index in [-0.39, 0.29) is 5.91 Å². The Bertz CT molecular complexity index is 329. The summed E-state index contributed by atoms with van der Waals surface area (Å²) >= 11 is 0. The third-order valence-electron chi connectivity index (χ3n) is 2.23. The highest BCUT2D eigenvalue weighted by molar-refractivity contribution is 5.92. The molecule has 0 unspecified atom stereocenters. The van der Waals surface area contributed by atoms with Crippen LogP contribution in [0.15, 0.2) is 6.07 Å². The molecule has 0 atom stereocenters. The molecule has 1 aromatic rings. The number of H-pyrrole nitrogens is 1. The Hall–Kier alpha value is -1.36. The molecule has 0 aromatic carbocycles. The first-order valence-electron chi connectivity index (χ1n) is 4.66. The second-order valence-electron chi connectivity index (χ2n) is 3.33. The fourth-order valence-corrected chi connectivity index (χ4v) is 1.47. The maximum absolute atomic E-state index is 11.8. The Morgan fingerprint density at radius 3 is 2.86 bits per heavy atom. The van der Waals surface area contributed by atoms with Crippen LogP contribution in [0.5, 0.6) is 0 Å². The van der Waals surface area contributed by atoms with Gasteiger partial charge in [0.05, 0.1) is 18.9 Å². The average Bonchev–Trinajstić information content (AvgIpc) is 2.65. The molecule has 1 aromatic heterocycles. The largest absolute Gasteiger partial charge is 0.378 e. The van der Waals surface area contributed by atoms with Crippen molar-refractivity contribution >= 4 is 5.91 Å². The second kappa shape index (κ2) is 3.79. The number of aryl methyl sites for hydroxylation is 1. The molecule has 0 aliphatic carbocycles. The smallest absolute Gasteiger partial charge is 0.272 e. The molecular formula is C9H13N3O2. The highest BCUT2D eigenvalue weighted by Crippen LogP contribution is 2.05. The van der Waals surface area contributed by atoms with E-state index in [1.54, 1.807) is 11.0 Å². The predicted octanol–water partition coefficient (Wildman–Crippen LogP) is 0.191. The number of rotatable bonds is 1. The first-order chi connectivity index (χ1) is 6.77. The summed E-state index contributed by atoms with van der Waals surface area (Å²) in [5.74, 6) is 0.00824. The molecule has 5 nitrogen and oxygen atoms in total. The molecule has 1 saturated heterocycles. The lowest BCUT2D eigenvalue weighted by Crippen LogP contribution is -2.40. The number of ether oxygens (including phenoxy) is 1. The molecule has 0 radical (unpaired) electrons. The summed E-state index contributed by atoms with van der Waals surface area (Å²) in [5.41, 5.74) is 1.39. The molecule has 0 bridgehead atoms. The summed E-state index contributed by atoms with van der Waals surface area (Å²) in [6.07, 6.45) is 0. The number of hydrogen-bond donors (Lipinski definition) is 1. The van der Waals surface area contributed by atoms with E-state index in [1.165, 1.54) is 0 Å². The van der Waals surface area contributed by atoms with Crippen LogP contribution in [0.2, 0.25) is 0 Å². The molecule has 0 saturated carbocycles. The topological polar surface area (TPSA) is 58.2 Å². The van der Waals surface area contributed by atoms with Gasteiger partial charge in [0.1, 0.15) is 5.69 Å². The van der Waals surface area contributed by atoms with E-state index in [1.807, 2.05) is 6.92 Å². The molecule has 0 spiro atoms. The van der Waals surface area contributed by atoms with Crippen molar-refractivity contribution in [1.29, 1.82) is 0 Å². The van der Waals surface area contributed by atoms with Crippen molar-refractivity contribution in [1.82, 2.24) is 15.1 Å². The maximum atomic E-state index is 11.8. The van der Waals surface area contributed by atoms with Gasteiger partial charge in [-0.15, -0.1) is 0 Å². The van der Waals surface area contributed by atoms with Crippen molar-refractivity contribution in [2.24, 2.45) is 0 Å². The van der Waals surface area contributed by atoms with Crippen LogP contribution in [-0.2, 0) is 4.74 Å². The lowest BCUT2D eigenvalue weighted by atomic mass is 10.3. The quantitative estimate of drug-likeness (QED) is 0.696. The molecule has 1 fully saturated rings. The van der Waals surface area contributed by atoms with E-state index in [4.69, 9.17) is 4.74 Å². The van der Waals surface area contributed by atoms with Gasteiger partial charge in [-0.1, -0.05) is 0 Å². The molecular weight excluding hydrogens is 182 g/mol. The monoisotopic (exact) mass is 195 g/mol. The third-order valence-corrected chi connectivity index (χ3v) is 2.23. The van der Waals surface area contributed by atoms with Crippen LogP contribution in [0.4, 0.5) is 0 Å². The Kier molecular flexibility index (Phi) is 2.49. The Morgan fingerprint density at radius 2 is 2.29 bits per heavy atom. The number of hydrogen-bond acceptors (Lipinski definition) is 3. The standard InChI is InChI=1S/C9H13N3O2/c1-7-6-8(11-10-7)9(13)12-2-4-14-5-3-12/h6H,2-5H2,1H3,(H,10,11). The van der Waals surface area contributed by atoms with Gasteiger partial charge in [0, 0.05) is 13.1 Å². The van der Waals surface area contributed by atoms with Crippen molar-refractivity contribution in [3.8, 4) is 0 Å². The zero-order valence-electron chi connectivity index (χ0n) is 8.12. The number of carbonyl (C=O) groups excluding carboxylic acids is 1. The average molecular weight is 195 g/mol. The molecule has 5 heteroatoms. The molecule has 1 amide bonds. The van der Waals surface area contributed by atoms with Crippen molar-refractivity contribution in [2.75, 3.05) is 26.3 Å². The van der Waals surface area contributed by atoms with E-state index in [9.17, 15) is 4.79 Å². The summed E-state index contributed by atoms with van der Waals surface area (Å²) in [5, 5.41) is 6.65. The van der Waals surface area contributed by atoms with Gasteiger partial charge in [0.15, 0.2) is 0 Å². The zero-order chi connectivity index (χ0) is 9.97. The molecule has 76 valence electrons. The highest BCUT2D eigenvalue weighted by Gasteiger charge is 2.19. The van der Waals surface area contributed by atoms with Gasteiger partial charge in [-0.25, -0.2) is 0 Å². The summed E-state index contributed by atoms with van der Waals surface area (Å²) in [7, 11) is 0. The Balaban J connectivity index is 2.07.